The molecule has 6 heteroatoms. The molecule has 0 aliphatic carbocycles. The topological polar surface area (TPSA) is 70.4 Å². The lowest BCUT2D eigenvalue weighted by atomic mass is 10.2. The number of hydrogen-bond acceptors (Lipinski definition) is 3. The van der Waals surface area contributed by atoms with Gasteiger partial charge in [0.15, 0.2) is 0 Å². The van der Waals surface area contributed by atoms with Crippen LogP contribution in [0.3, 0.4) is 0 Å². The number of nitrogens with one attached hydrogen (secondary N) is 1. The molecule has 1 aromatic heterocycles. The summed E-state index contributed by atoms with van der Waals surface area (Å²) in [7, 11) is 1.67. The number of carbonyl (C=O) groups is 1. The number of carbonyl (C=O) groups excluding carboxylic acids is 1. The maximum atomic E-state index is 11.9. The molecule has 2 rings (SSSR count). The van der Waals surface area contributed by atoms with Crippen molar-refractivity contribution in [2.75, 3.05) is 20.2 Å². The third kappa shape index (κ3) is 4.82. The number of likely N-dealkylation sites (N-methyl/N-ethyl adjacent to an activating group) is 1. The van der Waals surface area contributed by atoms with Crippen LogP contribution in [-0.4, -0.2) is 51.8 Å². The second-order valence-corrected chi connectivity index (χ2v) is 5.58. The third-order valence-electron chi connectivity index (χ3n) is 3.87. The smallest absolute Gasteiger partial charge is 0.317 e. The number of hydrogen-bond donors (Lipinski definition) is 2. The van der Waals surface area contributed by atoms with E-state index in [1.54, 1.807) is 20.2 Å². The highest BCUT2D eigenvalue weighted by molar-refractivity contribution is 5.74. The summed E-state index contributed by atoms with van der Waals surface area (Å²) >= 11 is 0. The Kier molecular flexibility index (Phi) is 6.17. The first-order valence-electron chi connectivity index (χ1n) is 7.77. The molecule has 1 heterocycles. The summed E-state index contributed by atoms with van der Waals surface area (Å²) in [4.78, 5) is 17.8. The highest BCUT2D eigenvalue weighted by Crippen LogP contribution is 2.06. The molecule has 0 aliphatic rings. The van der Waals surface area contributed by atoms with Gasteiger partial charge >= 0.3 is 6.03 Å². The van der Waals surface area contributed by atoms with Crippen molar-refractivity contribution in [3.05, 3.63) is 54.1 Å². The average molecular weight is 316 g/mol. The molecule has 23 heavy (non-hydrogen) atoms. The van der Waals surface area contributed by atoms with Gasteiger partial charge in [0.25, 0.3) is 0 Å². The maximum absolute atomic E-state index is 11.9. The normalized spacial score (nSPS) is 12.0. The van der Waals surface area contributed by atoms with E-state index in [9.17, 15) is 4.79 Å². The van der Waals surface area contributed by atoms with E-state index in [1.807, 2.05) is 24.4 Å². The summed E-state index contributed by atoms with van der Waals surface area (Å²) < 4.78 is 2.08. The summed E-state index contributed by atoms with van der Waals surface area (Å²) in [5.41, 5.74) is 1.22. The maximum Gasteiger partial charge on any atom is 0.317 e. The molecule has 0 saturated carbocycles. The number of rotatable bonds is 7. The Morgan fingerprint density at radius 1 is 1.39 bits per heavy atom. The fraction of sp³-hybridized carbons (Fsp3) is 0.412. The molecular weight excluding hydrogens is 292 g/mol. The fourth-order valence-corrected chi connectivity index (χ4v) is 2.22. The van der Waals surface area contributed by atoms with Gasteiger partial charge in [0.2, 0.25) is 0 Å². The molecule has 2 amide bonds. The zero-order valence-electron chi connectivity index (χ0n) is 13.6. The number of aliphatic hydroxyl groups excluding tert-OH is 1. The van der Waals surface area contributed by atoms with Crippen molar-refractivity contribution in [3.8, 4) is 0 Å². The molecule has 2 N–H and O–H groups in total. The van der Waals surface area contributed by atoms with Gasteiger partial charge in [0, 0.05) is 39.0 Å². The zero-order valence-corrected chi connectivity index (χ0v) is 13.6. The minimum Gasteiger partial charge on any atom is -0.394 e. The minimum atomic E-state index is -0.199. The highest BCUT2D eigenvalue weighted by Gasteiger charge is 2.14. The van der Waals surface area contributed by atoms with Crippen molar-refractivity contribution in [1.82, 2.24) is 19.8 Å². The van der Waals surface area contributed by atoms with Gasteiger partial charge in [-0.25, -0.2) is 9.78 Å². The van der Waals surface area contributed by atoms with E-state index in [2.05, 4.69) is 27.0 Å². The molecule has 2 aromatic rings. The van der Waals surface area contributed by atoms with Gasteiger partial charge in [-0.05, 0) is 12.5 Å². The molecular formula is C17H24N4O2. The Bertz CT molecular complexity index is 612. The molecule has 124 valence electrons. The average Bonchev–Trinajstić information content (AvgIpc) is 3.01. The number of imidazole rings is 1. The van der Waals surface area contributed by atoms with Gasteiger partial charge in [0.1, 0.15) is 5.82 Å². The van der Waals surface area contributed by atoms with Gasteiger partial charge in [-0.15, -0.1) is 0 Å². The van der Waals surface area contributed by atoms with Crippen LogP contribution in [0.2, 0.25) is 0 Å². The van der Waals surface area contributed by atoms with Gasteiger partial charge < -0.3 is 19.9 Å². The van der Waals surface area contributed by atoms with Gasteiger partial charge in [0.05, 0.1) is 12.6 Å². The quantitative estimate of drug-likeness (QED) is 0.813. The van der Waals surface area contributed by atoms with E-state index >= 15 is 0 Å². The Hall–Kier alpha value is -2.34. The van der Waals surface area contributed by atoms with Gasteiger partial charge in [-0.2, -0.15) is 0 Å². The number of benzene rings is 1. The minimum absolute atomic E-state index is 0.0502. The van der Waals surface area contributed by atoms with E-state index in [4.69, 9.17) is 5.11 Å². The predicted molar refractivity (Wildman–Crippen MR) is 89.2 cm³/mol. The zero-order chi connectivity index (χ0) is 16.7. The summed E-state index contributed by atoms with van der Waals surface area (Å²) in [6.07, 6.45) is 4.39. The van der Waals surface area contributed by atoms with E-state index in [0.29, 0.717) is 13.0 Å². The van der Waals surface area contributed by atoms with Crippen LogP contribution >= 0.6 is 0 Å². The molecule has 1 atom stereocenters. The fourth-order valence-electron chi connectivity index (χ4n) is 2.22. The first-order chi connectivity index (χ1) is 11.1. The van der Waals surface area contributed by atoms with Crippen LogP contribution < -0.4 is 5.32 Å². The lowest BCUT2D eigenvalue weighted by Gasteiger charge is -2.23. The molecule has 0 radical (unpaired) electrons. The number of aromatic nitrogens is 2. The van der Waals surface area contributed by atoms with E-state index in [0.717, 1.165) is 12.4 Å². The first kappa shape index (κ1) is 17.0. The van der Waals surface area contributed by atoms with Crippen LogP contribution in [0.1, 0.15) is 18.3 Å². The monoisotopic (exact) mass is 316 g/mol. The Balaban J connectivity index is 1.85. The van der Waals surface area contributed by atoms with Gasteiger partial charge in [-0.3, -0.25) is 0 Å². The molecule has 1 aromatic carbocycles. The SMILES string of the molecule is CC(CO)N(C)C(=O)NCCc1nccn1Cc1ccccc1. The summed E-state index contributed by atoms with van der Waals surface area (Å²) in [5, 5.41) is 11.9. The van der Waals surface area contributed by atoms with Crippen molar-refractivity contribution in [2.45, 2.75) is 25.9 Å². The van der Waals surface area contributed by atoms with Crippen molar-refractivity contribution >= 4 is 6.03 Å². The Morgan fingerprint density at radius 3 is 2.83 bits per heavy atom. The van der Waals surface area contributed by atoms with E-state index in [1.165, 1.54) is 10.5 Å². The third-order valence-corrected chi connectivity index (χ3v) is 3.87. The lowest BCUT2D eigenvalue weighted by molar-refractivity contribution is 0.157. The van der Waals surface area contributed by atoms with Crippen molar-refractivity contribution in [3.63, 3.8) is 0 Å². The molecule has 6 nitrogen and oxygen atoms in total. The van der Waals surface area contributed by atoms with E-state index < -0.39 is 0 Å². The molecule has 0 spiro atoms. The second kappa shape index (κ2) is 8.33. The van der Waals surface area contributed by atoms with Crippen LogP contribution in [0.25, 0.3) is 0 Å². The van der Waals surface area contributed by atoms with E-state index in [-0.39, 0.29) is 18.7 Å². The largest absolute Gasteiger partial charge is 0.394 e. The number of urea groups is 1. The highest BCUT2D eigenvalue weighted by atomic mass is 16.3. The van der Waals surface area contributed by atoms with Crippen LogP contribution in [0.5, 0.6) is 0 Å². The molecule has 0 fully saturated rings. The lowest BCUT2D eigenvalue weighted by Crippen LogP contribution is -2.44. The molecule has 1 unspecified atom stereocenters. The van der Waals surface area contributed by atoms with Crippen LogP contribution in [0.4, 0.5) is 4.79 Å². The number of nitrogens with zero attached hydrogens (tertiary/aromatic N) is 3. The van der Waals surface area contributed by atoms with Crippen molar-refractivity contribution < 1.29 is 9.90 Å². The summed E-state index contributed by atoms with van der Waals surface area (Å²) in [6.45, 7) is 3.02. The van der Waals surface area contributed by atoms with Crippen LogP contribution in [0, 0.1) is 0 Å². The standard InChI is InChI=1S/C17H24N4O2/c1-14(13-22)20(2)17(23)19-9-8-16-18-10-11-21(16)12-15-6-4-3-5-7-15/h3-7,10-11,14,22H,8-9,12-13H2,1-2H3,(H,19,23). The molecule has 0 aliphatic heterocycles. The van der Waals surface area contributed by atoms with Crippen LogP contribution in [0.15, 0.2) is 42.7 Å². The number of amides is 2. The number of aliphatic hydroxyl groups is 1. The molecule has 0 bridgehead atoms. The Labute approximate surface area is 136 Å². The summed E-state index contributed by atoms with van der Waals surface area (Å²) in [6, 6.07) is 9.81. The van der Waals surface area contributed by atoms with Crippen LogP contribution in [-0.2, 0) is 13.0 Å². The van der Waals surface area contributed by atoms with Gasteiger partial charge in [-0.1, -0.05) is 30.3 Å². The second-order valence-electron chi connectivity index (χ2n) is 5.58. The summed E-state index contributed by atoms with van der Waals surface area (Å²) in [5.74, 6) is 0.937. The first-order valence-corrected chi connectivity index (χ1v) is 7.77. The Morgan fingerprint density at radius 2 is 2.13 bits per heavy atom. The molecule has 0 saturated heterocycles. The van der Waals surface area contributed by atoms with Crippen molar-refractivity contribution in [2.24, 2.45) is 0 Å². The predicted octanol–water partition coefficient (Wildman–Crippen LogP) is 1.50. The van der Waals surface area contributed by atoms with Crippen molar-refractivity contribution in [1.29, 1.82) is 0 Å².